The second kappa shape index (κ2) is 3.81. The molecule has 15 heavy (non-hydrogen) atoms. The van der Waals surface area contributed by atoms with Gasteiger partial charge in [-0.1, -0.05) is 12.1 Å². The Morgan fingerprint density at radius 1 is 1.53 bits per heavy atom. The molecule has 0 fully saturated rings. The maximum Gasteiger partial charge on any atom is 0.127 e. The Morgan fingerprint density at radius 2 is 2.33 bits per heavy atom. The van der Waals surface area contributed by atoms with Gasteiger partial charge >= 0.3 is 0 Å². The Kier molecular flexibility index (Phi) is 2.65. The van der Waals surface area contributed by atoms with Gasteiger partial charge in [0.15, 0.2) is 0 Å². The van der Waals surface area contributed by atoms with Gasteiger partial charge in [0.05, 0.1) is 7.11 Å². The third-order valence-electron chi connectivity index (χ3n) is 3.15. The van der Waals surface area contributed by atoms with Gasteiger partial charge in [0.25, 0.3) is 0 Å². The zero-order valence-electron chi connectivity index (χ0n) is 8.92. The van der Waals surface area contributed by atoms with Crippen molar-refractivity contribution >= 4 is 0 Å². The van der Waals surface area contributed by atoms with Crippen molar-refractivity contribution in [2.45, 2.75) is 24.9 Å². The first-order valence-electron chi connectivity index (χ1n) is 5.22. The lowest BCUT2D eigenvalue weighted by Crippen LogP contribution is -2.38. The van der Waals surface area contributed by atoms with Crippen LogP contribution in [0.1, 0.15) is 17.5 Å². The smallest absolute Gasteiger partial charge is 0.127 e. The van der Waals surface area contributed by atoms with Gasteiger partial charge in [-0.2, -0.15) is 0 Å². The van der Waals surface area contributed by atoms with E-state index < -0.39 is 5.67 Å². The summed E-state index contributed by atoms with van der Waals surface area (Å²) in [7, 11) is 1.65. The molecule has 0 amide bonds. The minimum atomic E-state index is -1.22. The van der Waals surface area contributed by atoms with Crippen LogP contribution in [-0.4, -0.2) is 19.3 Å². The first kappa shape index (κ1) is 10.4. The summed E-state index contributed by atoms with van der Waals surface area (Å²) < 4.78 is 19.3. The maximum atomic E-state index is 14.1. The van der Waals surface area contributed by atoms with Crippen molar-refractivity contribution in [2.24, 2.45) is 5.73 Å². The maximum absolute atomic E-state index is 14.1. The molecule has 0 heterocycles. The first-order valence-corrected chi connectivity index (χ1v) is 5.22. The highest BCUT2D eigenvalue weighted by molar-refractivity contribution is 5.43. The van der Waals surface area contributed by atoms with Gasteiger partial charge in [0.2, 0.25) is 0 Å². The van der Waals surface area contributed by atoms with Gasteiger partial charge in [-0.05, 0) is 30.0 Å². The predicted octanol–water partition coefficient (Wildman–Crippen LogP) is 1.85. The summed E-state index contributed by atoms with van der Waals surface area (Å²) in [6, 6.07) is 5.79. The van der Waals surface area contributed by atoms with Crippen molar-refractivity contribution in [1.82, 2.24) is 0 Å². The molecule has 2 rings (SSSR count). The average Bonchev–Trinajstić information content (AvgIpc) is 2.28. The lowest BCUT2D eigenvalue weighted by Gasteiger charge is -2.30. The van der Waals surface area contributed by atoms with Gasteiger partial charge < -0.3 is 10.5 Å². The number of alkyl halides is 1. The Bertz CT molecular complexity index is 367. The fraction of sp³-hybridized carbons (Fsp3) is 0.500. The lowest BCUT2D eigenvalue weighted by atomic mass is 9.81. The van der Waals surface area contributed by atoms with E-state index in [2.05, 4.69) is 0 Å². The van der Waals surface area contributed by atoms with Gasteiger partial charge in [0.1, 0.15) is 11.4 Å². The number of hydrogen-bond acceptors (Lipinski definition) is 2. The number of rotatable bonds is 2. The number of ether oxygens (including phenoxy) is 1. The summed E-state index contributed by atoms with van der Waals surface area (Å²) in [6.45, 7) is 0.101. The highest BCUT2D eigenvalue weighted by Crippen LogP contribution is 2.35. The summed E-state index contributed by atoms with van der Waals surface area (Å²) in [4.78, 5) is 0. The van der Waals surface area contributed by atoms with Crippen LogP contribution >= 0.6 is 0 Å². The molecular weight excluding hydrogens is 193 g/mol. The van der Waals surface area contributed by atoms with Crippen molar-refractivity contribution in [1.29, 1.82) is 0 Å². The summed E-state index contributed by atoms with van der Waals surface area (Å²) in [6.07, 6.45) is 1.62. The number of hydrogen-bond donors (Lipinski definition) is 1. The minimum absolute atomic E-state index is 0.101. The molecule has 0 saturated heterocycles. The second-order valence-corrected chi connectivity index (χ2v) is 4.13. The molecule has 1 aromatic carbocycles. The van der Waals surface area contributed by atoms with E-state index in [1.807, 2.05) is 18.2 Å². The van der Waals surface area contributed by atoms with Crippen LogP contribution in [0.4, 0.5) is 4.39 Å². The zero-order valence-corrected chi connectivity index (χ0v) is 8.92. The largest absolute Gasteiger partial charge is 0.496 e. The molecule has 0 aliphatic heterocycles. The molecule has 2 N–H and O–H groups in total. The van der Waals surface area contributed by atoms with Gasteiger partial charge in [-0.3, -0.25) is 0 Å². The second-order valence-electron chi connectivity index (χ2n) is 4.13. The third kappa shape index (κ3) is 1.84. The van der Waals surface area contributed by atoms with E-state index in [1.165, 1.54) is 0 Å². The number of halogens is 1. The molecule has 1 atom stereocenters. The van der Waals surface area contributed by atoms with Crippen LogP contribution in [0, 0.1) is 0 Å². The van der Waals surface area contributed by atoms with E-state index in [9.17, 15) is 4.39 Å². The van der Waals surface area contributed by atoms with Crippen LogP contribution in [-0.2, 0) is 12.8 Å². The summed E-state index contributed by atoms with van der Waals surface area (Å²) >= 11 is 0. The van der Waals surface area contributed by atoms with Crippen LogP contribution < -0.4 is 10.5 Å². The molecule has 0 aromatic heterocycles. The summed E-state index contributed by atoms with van der Waals surface area (Å²) in [5, 5.41) is 0. The number of fused-ring (bicyclic) bond motifs is 1. The number of nitrogens with two attached hydrogens (primary N) is 1. The molecule has 2 nitrogen and oxygen atoms in total. The Balaban J connectivity index is 2.35. The Hall–Kier alpha value is -1.09. The van der Waals surface area contributed by atoms with Crippen molar-refractivity contribution in [3.63, 3.8) is 0 Å². The highest BCUT2D eigenvalue weighted by Gasteiger charge is 2.33. The summed E-state index contributed by atoms with van der Waals surface area (Å²) in [5.74, 6) is 0.867. The molecule has 0 bridgehead atoms. The Labute approximate surface area is 89.2 Å². The van der Waals surface area contributed by atoms with E-state index in [0.717, 1.165) is 16.9 Å². The summed E-state index contributed by atoms with van der Waals surface area (Å²) in [5.41, 5.74) is 6.41. The van der Waals surface area contributed by atoms with E-state index in [4.69, 9.17) is 10.5 Å². The van der Waals surface area contributed by atoms with Crippen molar-refractivity contribution in [3.05, 3.63) is 29.3 Å². The Morgan fingerprint density at radius 3 is 3.00 bits per heavy atom. The lowest BCUT2D eigenvalue weighted by molar-refractivity contribution is 0.151. The van der Waals surface area contributed by atoms with Gasteiger partial charge in [-0.25, -0.2) is 4.39 Å². The first-order chi connectivity index (χ1) is 7.18. The van der Waals surface area contributed by atoms with Crippen LogP contribution in [0.3, 0.4) is 0 Å². The monoisotopic (exact) mass is 209 g/mol. The van der Waals surface area contributed by atoms with Gasteiger partial charge in [-0.15, -0.1) is 0 Å². The van der Waals surface area contributed by atoms with Gasteiger partial charge in [0, 0.05) is 13.0 Å². The van der Waals surface area contributed by atoms with E-state index in [1.54, 1.807) is 7.11 Å². The van der Waals surface area contributed by atoms with Crippen LogP contribution in [0.5, 0.6) is 5.75 Å². The van der Waals surface area contributed by atoms with E-state index >= 15 is 0 Å². The van der Waals surface area contributed by atoms with E-state index in [-0.39, 0.29) is 6.54 Å². The predicted molar refractivity (Wildman–Crippen MR) is 57.9 cm³/mol. The standard InChI is InChI=1S/C12H16FNO/c1-15-11-4-2-3-9-7-12(13,8-14)6-5-10(9)11/h2-4H,5-8,14H2,1H3. The fourth-order valence-corrected chi connectivity index (χ4v) is 2.20. The molecule has 3 heteroatoms. The average molecular weight is 209 g/mol. The molecule has 1 aromatic rings. The topological polar surface area (TPSA) is 35.2 Å². The molecule has 1 unspecified atom stereocenters. The quantitative estimate of drug-likeness (QED) is 0.806. The van der Waals surface area contributed by atoms with Crippen LogP contribution in [0.2, 0.25) is 0 Å². The zero-order chi connectivity index (χ0) is 10.9. The molecule has 0 saturated carbocycles. The normalized spacial score (nSPS) is 24.7. The molecule has 0 radical (unpaired) electrons. The van der Waals surface area contributed by atoms with Crippen LogP contribution in [0.25, 0.3) is 0 Å². The fourth-order valence-electron chi connectivity index (χ4n) is 2.20. The molecule has 0 spiro atoms. The number of methoxy groups -OCH3 is 1. The third-order valence-corrected chi connectivity index (χ3v) is 3.15. The van der Waals surface area contributed by atoms with Crippen molar-refractivity contribution < 1.29 is 9.13 Å². The molecule has 82 valence electrons. The SMILES string of the molecule is COc1cccc2c1CCC(F)(CN)C2. The van der Waals surface area contributed by atoms with Crippen LogP contribution in [0.15, 0.2) is 18.2 Å². The molecule has 1 aliphatic carbocycles. The van der Waals surface area contributed by atoms with E-state index in [0.29, 0.717) is 19.3 Å². The van der Waals surface area contributed by atoms with Crippen molar-refractivity contribution in [2.75, 3.05) is 13.7 Å². The molecule has 1 aliphatic rings. The van der Waals surface area contributed by atoms with Crippen molar-refractivity contribution in [3.8, 4) is 5.75 Å². The molecular formula is C12H16FNO. The number of benzene rings is 1. The minimum Gasteiger partial charge on any atom is -0.496 e. The highest BCUT2D eigenvalue weighted by atomic mass is 19.1.